The van der Waals surface area contributed by atoms with Gasteiger partial charge in [0, 0.05) is 22.3 Å². The van der Waals surface area contributed by atoms with Gasteiger partial charge in [0.1, 0.15) is 0 Å². The van der Waals surface area contributed by atoms with Crippen molar-refractivity contribution in [1.29, 1.82) is 5.41 Å². The summed E-state index contributed by atoms with van der Waals surface area (Å²) in [6.07, 6.45) is 9.73. The van der Waals surface area contributed by atoms with Gasteiger partial charge in [0.2, 0.25) is 0 Å². The van der Waals surface area contributed by atoms with E-state index in [-0.39, 0.29) is 0 Å². The number of H-pyrrole nitrogens is 1. The summed E-state index contributed by atoms with van der Waals surface area (Å²) in [4.78, 5) is 6.39. The van der Waals surface area contributed by atoms with Crippen LogP contribution in [0.1, 0.15) is 109 Å². The van der Waals surface area contributed by atoms with Crippen LogP contribution in [0.25, 0.3) is 16.5 Å². The first kappa shape index (κ1) is 32.0. The molecule has 4 N–H and O–H groups in total. The van der Waals surface area contributed by atoms with Crippen molar-refractivity contribution in [2.45, 2.75) is 98.4 Å². The number of aromatic nitrogens is 1. The Morgan fingerprint density at radius 1 is 1.16 bits per heavy atom. The lowest BCUT2D eigenvalue weighted by molar-refractivity contribution is -0.0712. The molecule has 2 aliphatic rings. The van der Waals surface area contributed by atoms with Crippen molar-refractivity contribution in [3.8, 4) is 0 Å². The Morgan fingerprint density at radius 3 is 2.32 bits per heavy atom. The fourth-order valence-electron chi connectivity index (χ4n) is 5.64. The SMILES string of the molecule is C/C=C(\C=C(\CCC)C(=N)CC)c1[nH]c2ccc(C3CCN(C4COC4)CC3)cc2c1C(C)C.CC.CN. The fourth-order valence-corrected chi connectivity index (χ4v) is 5.64. The van der Waals surface area contributed by atoms with Crippen LogP contribution >= 0.6 is 0 Å². The summed E-state index contributed by atoms with van der Waals surface area (Å²) in [5, 5.41) is 9.82. The summed E-state index contributed by atoms with van der Waals surface area (Å²) in [6.45, 7) is 19.2. The zero-order valence-electron chi connectivity index (χ0n) is 25.4. The minimum Gasteiger partial charge on any atom is -0.378 e. The van der Waals surface area contributed by atoms with Crippen molar-refractivity contribution in [3.05, 3.63) is 52.7 Å². The first-order valence-electron chi connectivity index (χ1n) is 15.0. The first-order valence-corrected chi connectivity index (χ1v) is 15.0. The molecule has 3 heterocycles. The largest absolute Gasteiger partial charge is 0.378 e. The van der Waals surface area contributed by atoms with E-state index in [2.05, 4.69) is 80.6 Å². The van der Waals surface area contributed by atoms with Crippen molar-refractivity contribution < 1.29 is 4.74 Å². The van der Waals surface area contributed by atoms with E-state index in [9.17, 15) is 0 Å². The molecule has 5 heteroatoms. The van der Waals surface area contributed by atoms with E-state index in [1.165, 1.54) is 66.3 Å². The number of nitrogens with two attached hydrogens (primary N) is 1. The fraction of sp³-hybridized carbons (Fsp3) is 0.606. The van der Waals surface area contributed by atoms with Crippen LogP contribution in [0.3, 0.4) is 0 Å². The van der Waals surface area contributed by atoms with E-state index in [1.807, 2.05) is 13.8 Å². The normalized spacial score (nSPS) is 17.5. The molecule has 1 aromatic carbocycles. The Hall–Kier alpha value is -2.21. The highest BCUT2D eigenvalue weighted by atomic mass is 16.5. The minimum atomic E-state index is 0.420. The van der Waals surface area contributed by atoms with Gasteiger partial charge in [-0.1, -0.05) is 60.1 Å². The third-order valence-corrected chi connectivity index (χ3v) is 7.77. The molecule has 0 atom stereocenters. The Morgan fingerprint density at radius 2 is 1.82 bits per heavy atom. The summed E-state index contributed by atoms with van der Waals surface area (Å²) in [7, 11) is 1.50. The predicted molar refractivity (Wildman–Crippen MR) is 167 cm³/mol. The number of nitrogens with zero attached hydrogens (tertiary/aromatic N) is 1. The first-order chi connectivity index (χ1) is 18.5. The number of hydrogen-bond donors (Lipinski definition) is 3. The molecule has 212 valence electrons. The Kier molecular flexibility index (Phi) is 13.5. The topological polar surface area (TPSA) is 78.1 Å². The summed E-state index contributed by atoms with van der Waals surface area (Å²) in [5.41, 5.74) is 13.0. The molecule has 0 spiro atoms. The van der Waals surface area contributed by atoms with Crippen molar-refractivity contribution in [2.75, 3.05) is 33.4 Å². The van der Waals surface area contributed by atoms with Gasteiger partial charge in [-0.3, -0.25) is 4.90 Å². The van der Waals surface area contributed by atoms with E-state index >= 15 is 0 Å². The van der Waals surface area contributed by atoms with Gasteiger partial charge in [-0.2, -0.15) is 0 Å². The van der Waals surface area contributed by atoms with Crippen LogP contribution in [-0.4, -0.2) is 55.0 Å². The molecule has 0 amide bonds. The molecule has 5 nitrogen and oxygen atoms in total. The van der Waals surface area contributed by atoms with Gasteiger partial charge in [-0.05, 0) is 105 Å². The molecule has 0 unspecified atom stereocenters. The molecule has 0 saturated carbocycles. The van der Waals surface area contributed by atoms with Crippen molar-refractivity contribution >= 4 is 22.2 Å². The van der Waals surface area contributed by atoms with Crippen LogP contribution in [0.4, 0.5) is 0 Å². The van der Waals surface area contributed by atoms with Crippen LogP contribution in [-0.2, 0) is 4.74 Å². The lowest BCUT2D eigenvalue weighted by Crippen LogP contribution is -2.51. The van der Waals surface area contributed by atoms with Gasteiger partial charge >= 0.3 is 0 Å². The number of aromatic amines is 1. The number of hydrogen-bond acceptors (Lipinski definition) is 4. The van der Waals surface area contributed by atoms with Gasteiger partial charge < -0.3 is 20.9 Å². The second kappa shape index (κ2) is 16.0. The molecule has 0 radical (unpaired) electrons. The van der Waals surface area contributed by atoms with Gasteiger partial charge in [-0.25, -0.2) is 0 Å². The molecule has 0 aliphatic carbocycles. The zero-order chi connectivity index (χ0) is 28.2. The van der Waals surface area contributed by atoms with Gasteiger partial charge in [0.05, 0.1) is 19.3 Å². The van der Waals surface area contributed by atoms with E-state index in [4.69, 9.17) is 10.1 Å². The third kappa shape index (κ3) is 7.46. The molecule has 2 saturated heterocycles. The quantitative estimate of drug-likeness (QED) is 0.230. The summed E-state index contributed by atoms with van der Waals surface area (Å²) >= 11 is 0. The Labute approximate surface area is 232 Å². The van der Waals surface area contributed by atoms with E-state index in [0.29, 0.717) is 17.9 Å². The van der Waals surface area contributed by atoms with Crippen molar-refractivity contribution in [3.63, 3.8) is 0 Å². The molecule has 2 aromatic rings. The monoisotopic (exact) mass is 522 g/mol. The zero-order valence-corrected chi connectivity index (χ0v) is 25.4. The summed E-state index contributed by atoms with van der Waals surface area (Å²) in [5.74, 6) is 1.06. The second-order valence-corrected chi connectivity index (χ2v) is 10.4. The molecule has 2 fully saturated rings. The van der Waals surface area contributed by atoms with Gasteiger partial charge in [0.25, 0.3) is 0 Å². The standard InChI is InChI=1S/C30H43N3O.C2H6.CH5N/c1-6-9-24(27(31)8-3)16-21(7-2)30-29(20(4)5)26-17-23(10-11-28(26)32-30)22-12-14-33(15-13-22)25-18-34-19-25;2*1-2/h7,10-11,16-17,20,22,25,31-32H,6,8-9,12-15,18-19H2,1-5H3;1-2H3;2H2,1H3/b21-7+,24-16-,31-27?;;. The second-order valence-electron chi connectivity index (χ2n) is 10.4. The highest BCUT2D eigenvalue weighted by Crippen LogP contribution is 2.38. The molecule has 4 rings (SSSR count). The minimum absolute atomic E-state index is 0.420. The smallest absolute Gasteiger partial charge is 0.0645 e. The van der Waals surface area contributed by atoms with Gasteiger partial charge in [-0.15, -0.1) is 0 Å². The number of rotatable bonds is 9. The predicted octanol–water partition coefficient (Wildman–Crippen LogP) is 8.03. The highest BCUT2D eigenvalue weighted by Gasteiger charge is 2.30. The van der Waals surface area contributed by atoms with E-state index in [1.54, 1.807) is 0 Å². The number of ether oxygens (including phenoxy) is 1. The molecule has 2 aliphatic heterocycles. The van der Waals surface area contributed by atoms with Crippen LogP contribution in [0.15, 0.2) is 35.9 Å². The Bertz CT molecular complexity index is 1070. The maximum absolute atomic E-state index is 8.46. The number of likely N-dealkylation sites (tertiary alicyclic amines) is 1. The average molecular weight is 523 g/mol. The van der Waals surface area contributed by atoms with Crippen LogP contribution in [0.5, 0.6) is 0 Å². The Balaban J connectivity index is 0.00000121. The number of nitrogens with one attached hydrogen (secondary N) is 2. The van der Waals surface area contributed by atoms with Crippen LogP contribution < -0.4 is 5.73 Å². The van der Waals surface area contributed by atoms with Crippen molar-refractivity contribution in [1.82, 2.24) is 9.88 Å². The van der Waals surface area contributed by atoms with Crippen LogP contribution in [0.2, 0.25) is 0 Å². The molecule has 38 heavy (non-hydrogen) atoms. The average Bonchev–Trinajstić information content (AvgIpc) is 3.31. The lowest BCUT2D eigenvalue weighted by Gasteiger charge is -2.41. The van der Waals surface area contributed by atoms with E-state index in [0.717, 1.165) is 43.8 Å². The summed E-state index contributed by atoms with van der Waals surface area (Å²) < 4.78 is 5.41. The molecular weight excluding hydrogens is 468 g/mol. The molecule has 1 aromatic heterocycles. The van der Waals surface area contributed by atoms with Gasteiger partial charge in [0.15, 0.2) is 0 Å². The molecule has 0 bridgehead atoms. The maximum atomic E-state index is 8.46. The number of benzene rings is 1. The lowest BCUT2D eigenvalue weighted by atomic mass is 9.87. The number of piperidine rings is 1. The summed E-state index contributed by atoms with van der Waals surface area (Å²) in [6, 6.07) is 7.77. The third-order valence-electron chi connectivity index (χ3n) is 7.77. The maximum Gasteiger partial charge on any atom is 0.0645 e. The molecular formula is C33H54N4O. The highest BCUT2D eigenvalue weighted by molar-refractivity contribution is 6.01. The van der Waals surface area contributed by atoms with E-state index < -0.39 is 0 Å². The van der Waals surface area contributed by atoms with Crippen LogP contribution in [0, 0.1) is 5.41 Å². The number of fused-ring (bicyclic) bond motifs is 1. The number of allylic oxidation sites excluding steroid dienone is 4. The van der Waals surface area contributed by atoms with Crippen molar-refractivity contribution in [2.24, 2.45) is 5.73 Å².